The predicted molar refractivity (Wildman–Crippen MR) is 110 cm³/mol. The number of nitrogens with zero attached hydrogens (tertiary/aromatic N) is 1. The highest BCUT2D eigenvalue weighted by Crippen LogP contribution is 2.19. The van der Waals surface area contributed by atoms with Gasteiger partial charge in [0.05, 0.1) is 12.6 Å². The summed E-state index contributed by atoms with van der Waals surface area (Å²) in [5, 5.41) is 6.23. The lowest BCUT2D eigenvalue weighted by molar-refractivity contribution is -0.127. The van der Waals surface area contributed by atoms with E-state index in [0.29, 0.717) is 11.6 Å². The van der Waals surface area contributed by atoms with Gasteiger partial charge in [0.2, 0.25) is 11.8 Å². The fourth-order valence-corrected chi connectivity index (χ4v) is 2.98. The average Bonchev–Trinajstić information content (AvgIpc) is 2.62. The number of hydrogen-bond acceptors (Lipinski definition) is 3. The number of anilines is 1. The molecule has 0 aliphatic carbocycles. The molecule has 0 saturated heterocycles. The molecule has 0 aliphatic heterocycles. The topological polar surface area (TPSA) is 61.4 Å². The molecule has 1 atom stereocenters. The summed E-state index contributed by atoms with van der Waals surface area (Å²) < 4.78 is 0. The number of para-hydroxylation sites is 1. The standard InChI is InChI=1S/C21H26ClN3O2/c1-14-7-5-8-15(2)20(14)24-19(26)12-23-21(27)16(3)25(4)13-17-9-6-10-18(22)11-17/h5-11,16H,12-13H2,1-4H3,(H,23,27)(H,24,26)/t16-/m1/s1. The van der Waals surface area contributed by atoms with Crippen LogP contribution in [-0.2, 0) is 16.1 Å². The highest BCUT2D eigenvalue weighted by Gasteiger charge is 2.19. The Hall–Kier alpha value is -2.37. The minimum Gasteiger partial charge on any atom is -0.346 e. The quantitative estimate of drug-likeness (QED) is 0.764. The van der Waals surface area contributed by atoms with Crippen molar-refractivity contribution in [2.45, 2.75) is 33.4 Å². The van der Waals surface area contributed by atoms with Gasteiger partial charge in [0.15, 0.2) is 0 Å². The van der Waals surface area contributed by atoms with E-state index >= 15 is 0 Å². The number of rotatable bonds is 7. The van der Waals surface area contributed by atoms with Crippen molar-refractivity contribution in [2.24, 2.45) is 0 Å². The van der Waals surface area contributed by atoms with Crippen molar-refractivity contribution in [3.63, 3.8) is 0 Å². The van der Waals surface area contributed by atoms with E-state index in [1.54, 1.807) is 0 Å². The minimum absolute atomic E-state index is 0.0675. The Bertz CT molecular complexity index is 803. The van der Waals surface area contributed by atoms with Gasteiger partial charge < -0.3 is 10.6 Å². The van der Waals surface area contributed by atoms with E-state index < -0.39 is 0 Å². The molecule has 0 fully saturated rings. The van der Waals surface area contributed by atoms with Crippen LogP contribution in [0.4, 0.5) is 5.69 Å². The maximum Gasteiger partial charge on any atom is 0.243 e. The molecule has 5 nitrogen and oxygen atoms in total. The van der Waals surface area contributed by atoms with E-state index in [1.807, 2.05) is 75.2 Å². The molecule has 2 rings (SSSR count). The molecule has 0 aromatic heterocycles. The maximum absolute atomic E-state index is 12.4. The third-order valence-electron chi connectivity index (χ3n) is 4.53. The van der Waals surface area contributed by atoms with Crippen molar-refractivity contribution in [3.8, 4) is 0 Å². The molecule has 2 amide bonds. The van der Waals surface area contributed by atoms with Crippen LogP contribution in [0.2, 0.25) is 5.02 Å². The van der Waals surface area contributed by atoms with Gasteiger partial charge in [0.25, 0.3) is 0 Å². The lowest BCUT2D eigenvalue weighted by Gasteiger charge is -2.24. The Morgan fingerprint density at radius 2 is 1.74 bits per heavy atom. The molecule has 2 aromatic carbocycles. The maximum atomic E-state index is 12.4. The zero-order chi connectivity index (χ0) is 20.0. The van der Waals surface area contributed by atoms with Gasteiger partial charge in [-0.3, -0.25) is 14.5 Å². The SMILES string of the molecule is Cc1cccc(C)c1NC(=O)CNC(=O)[C@@H](C)N(C)Cc1cccc(Cl)c1. The first-order valence-electron chi connectivity index (χ1n) is 8.86. The van der Waals surface area contributed by atoms with Crippen LogP contribution < -0.4 is 10.6 Å². The molecular weight excluding hydrogens is 362 g/mol. The van der Waals surface area contributed by atoms with Gasteiger partial charge in [0.1, 0.15) is 0 Å². The number of nitrogens with one attached hydrogen (secondary N) is 2. The Kier molecular flexibility index (Phi) is 7.39. The van der Waals surface area contributed by atoms with E-state index in [1.165, 1.54) is 0 Å². The second-order valence-electron chi connectivity index (χ2n) is 6.75. The van der Waals surface area contributed by atoms with Gasteiger partial charge in [-0.15, -0.1) is 0 Å². The zero-order valence-corrected chi connectivity index (χ0v) is 16.9. The van der Waals surface area contributed by atoms with E-state index in [0.717, 1.165) is 22.4 Å². The minimum atomic E-state index is -0.378. The molecule has 0 unspecified atom stereocenters. The number of amides is 2. The zero-order valence-electron chi connectivity index (χ0n) is 16.2. The van der Waals surface area contributed by atoms with Crippen LogP contribution in [0.3, 0.4) is 0 Å². The summed E-state index contributed by atoms with van der Waals surface area (Å²) in [6.45, 7) is 6.21. The fraction of sp³-hybridized carbons (Fsp3) is 0.333. The van der Waals surface area contributed by atoms with Crippen LogP contribution in [0, 0.1) is 13.8 Å². The van der Waals surface area contributed by atoms with Gasteiger partial charge in [-0.2, -0.15) is 0 Å². The number of halogens is 1. The fourth-order valence-electron chi connectivity index (χ4n) is 2.77. The summed E-state index contributed by atoms with van der Waals surface area (Å²) in [5.74, 6) is -0.443. The highest BCUT2D eigenvalue weighted by atomic mass is 35.5. The van der Waals surface area contributed by atoms with Crippen molar-refractivity contribution >= 4 is 29.1 Å². The second kappa shape index (κ2) is 9.53. The number of hydrogen-bond donors (Lipinski definition) is 2. The van der Waals surface area contributed by atoms with Crippen molar-refractivity contribution in [1.29, 1.82) is 0 Å². The van der Waals surface area contributed by atoms with Crippen molar-refractivity contribution < 1.29 is 9.59 Å². The summed E-state index contributed by atoms with van der Waals surface area (Å²) in [7, 11) is 1.86. The van der Waals surface area contributed by atoms with E-state index in [4.69, 9.17) is 11.6 Å². The lowest BCUT2D eigenvalue weighted by Crippen LogP contribution is -2.45. The summed E-state index contributed by atoms with van der Waals surface area (Å²) in [4.78, 5) is 26.5. The third-order valence-corrected chi connectivity index (χ3v) is 4.77. The number of benzene rings is 2. The first-order valence-corrected chi connectivity index (χ1v) is 9.24. The van der Waals surface area contributed by atoms with Crippen molar-refractivity contribution in [3.05, 3.63) is 64.2 Å². The Balaban J connectivity index is 1.86. The molecule has 0 saturated carbocycles. The molecule has 6 heteroatoms. The van der Waals surface area contributed by atoms with Crippen LogP contribution in [0.15, 0.2) is 42.5 Å². The Morgan fingerprint density at radius 3 is 2.37 bits per heavy atom. The van der Waals surface area contributed by atoms with Gasteiger partial charge in [-0.25, -0.2) is 0 Å². The summed E-state index contributed by atoms with van der Waals surface area (Å²) in [5.41, 5.74) is 3.80. The molecule has 2 N–H and O–H groups in total. The summed E-state index contributed by atoms with van der Waals surface area (Å²) in [6.07, 6.45) is 0. The van der Waals surface area contributed by atoms with Crippen molar-refractivity contribution in [2.75, 3.05) is 18.9 Å². The first kappa shape index (κ1) is 20.9. The monoisotopic (exact) mass is 387 g/mol. The van der Waals surface area contributed by atoms with Crippen LogP contribution in [0.1, 0.15) is 23.6 Å². The molecule has 0 aliphatic rings. The number of carbonyl (C=O) groups excluding carboxylic acids is 2. The summed E-state index contributed by atoms with van der Waals surface area (Å²) >= 11 is 6.00. The molecule has 0 bridgehead atoms. The predicted octanol–water partition coefficient (Wildman–Crippen LogP) is 3.53. The lowest BCUT2D eigenvalue weighted by atomic mass is 10.1. The van der Waals surface area contributed by atoms with E-state index in [9.17, 15) is 9.59 Å². The molecule has 144 valence electrons. The Morgan fingerprint density at radius 1 is 1.11 bits per heavy atom. The summed E-state index contributed by atoms with van der Waals surface area (Å²) in [6, 6.07) is 13.0. The molecular formula is C21H26ClN3O2. The van der Waals surface area contributed by atoms with Crippen LogP contribution in [-0.4, -0.2) is 36.3 Å². The Labute approximate surface area is 165 Å². The van der Waals surface area contributed by atoms with Crippen LogP contribution in [0.5, 0.6) is 0 Å². The van der Waals surface area contributed by atoms with Gasteiger partial charge in [0, 0.05) is 17.3 Å². The molecule has 0 radical (unpaired) electrons. The molecule has 2 aromatic rings. The number of likely N-dealkylation sites (N-methyl/N-ethyl adjacent to an activating group) is 1. The largest absolute Gasteiger partial charge is 0.346 e. The third kappa shape index (κ3) is 6.08. The van der Waals surface area contributed by atoms with E-state index in [2.05, 4.69) is 10.6 Å². The first-order chi connectivity index (χ1) is 12.8. The van der Waals surface area contributed by atoms with Gasteiger partial charge >= 0.3 is 0 Å². The van der Waals surface area contributed by atoms with Gasteiger partial charge in [-0.1, -0.05) is 41.9 Å². The number of carbonyl (C=O) groups is 2. The average molecular weight is 388 g/mol. The molecule has 27 heavy (non-hydrogen) atoms. The van der Waals surface area contributed by atoms with Gasteiger partial charge in [-0.05, 0) is 56.6 Å². The number of aryl methyl sites for hydroxylation is 2. The van der Waals surface area contributed by atoms with Crippen LogP contribution in [0.25, 0.3) is 0 Å². The van der Waals surface area contributed by atoms with Crippen LogP contribution >= 0.6 is 11.6 Å². The normalized spacial score (nSPS) is 11.9. The second-order valence-corrected chi connectivity index (χ2v) is 7.19. The van der Waals surface area contributed by atoms with E-state index in [-0.39, 0.29) is 24.4 Å². The smallest absolute Gasteiger partial charge is 0.243 e. The molecule has 0 spiro atoms. The molecule has 0 heterocycles. The van der Waals surface area contributed by atoms with Crippen molar-refractivity contribution in [1.82, 2.24) is 10.2 Å². The highest BCUT2D eigenvalue weighted by molar-refractivity contribution is 6.30.